The Morgan fingerprint density at radius 2 is 1.88 bits per heavy atom. The van der Waals surface area contributed by atoms with E-state index in [1.807, 2.05) is 6.92 Å². The van der Waals surface area contributed by atoms with E-state index < -0.39 is 17.7 Å². The average Bonchev–Trinajstić information content (AvgIpc) is 2.60. The third kappa shape index (κ3) is 4.24. The predicted octanol–water partition coefficient (Wildman–Crippen LogP) is 4.44. The third-order valence-electron chi connectivity index (χ3n) is 3.93. The Morgan fingerprint density at radius 3 is 2.62 bits per heavy atom. The van der Waals surface area contributed by atoms with Crippen molar-refractivity contribution in [3.05, 3.63) is 75.1 Å². The molecule has 26 heavy (non-hydrogen) atoms. The summed E-state index contributed by atoms with van der Waals surface area (Å²) >= 11 is 5.85. The maximum Gasteiger partial charge on any atom is 0.344 e. The second-order valence-electron chi connectivity index (χ2n) is 5.88. The number of ether oxygens (including phenoxy) is 2. The number of hydrogen-bond donors (Lipinski definition) is 0. The van der Waals surface area contributed by atoms with Gasteiger partial charge in [0.15, 0.2) is 6.61 Å². The molecule has 5 nitrogen and oxygen atoms in total. The molecule has 0 aliphatic heterocycles. The first kappa shape index (κ1) is 18.0. The van der Waals surface area contributed by atoms with E-state index in [2.05, 4.69) is 0 Å². The van der Waals surface area contributed by atoms with Crippen LogP contribution >= 0.6 is 11.6 Å². The van der Waals surface area contributed by atoms with Crippen LogP contribution in [0.25, 0.3) is 11.0 Å². The molecule has 1 aromatic heterocycles. The molecule has 0 saturated heterocycles. The van der Waals surface area contributed by atoms with E-state index in [0.717, 1.165) is 16.5 Å². The molecule has 0 amide bonds. The summed E-state index contributed by atoms with van der Waals surface area (Å²) in [5, 5.41) is 1.43. The van der Waals surface area contributed by atoms with Gasteiger partial charge >= 0.3 is 11.6 Å². The standard InChI is InChI=1S/C20H17ClO5/c1-12-9-19(22)26-18-10-16(7-8-17(12)18)24-11-20(23)25-13(2)14-3-5-15(21)6-4-14/h3-10,13H,11H2,1-2H3/t13-/m0/s1. The van der Waals surface area contributed by atoms with Crippen molar-refractivity contribution in [3.8, 4) is 5.75 Å². The number of halogens is 1. The van der Waals surface area contributed by atoms with Crippen molar-refractivity contribution in [3.63, 3.8) is 0 Å². The second-order valence-corrected chi connectivity index (χ2v) is 6.32. The Labute approximate surface area is 155 Å². The van der Waals surface area contributed by atoms with Gasteiger partial charge < -0.3 is 13.9 Å². The minimum Gasteiger partial charge on any atom is -0.482 e. The molecule has 1 atom stereocenters. The summed E-state index contributed by atoms with van der Waals surface area (Å²) in [6.45, 7) is 3.35. The smallest absolute Gasteiger partial charge is 0.344 e. The Balaban J connectivity index is 1.63. The Hall–Kier alpha value is -2.79. The van der Waals surface area contributed by atoms with E-state index in [4.69, 9.17) is 25.5 Å². The van der Waals surface area contributed by atoms with Crippen molar-refractivity contribution in [2.24, 2.45) is 0 Å². The SMILES string of the molecule is Cc1cc(=O)oc2cc(OCC(=O)O[C@@H](C)c3ccc(Cl)cc3)ccc12. The number of aryl methyl sites for hydroxylation is 1. The van der Waals surface area contributed by atoms with Gasteiger partial charge in [0, 0.05) is 22.5 Å². The molecule has 6 heteroatoms. The van der Waals surface area contributed by atoms with Crippen LogP contribution < -0.4 is 10.4 Å². The summed E-state index contributed by atoms with van der Waals surface area (Å²) in [5.74, 6) is -0.0828. The van der Waals surface area contributed by atoms with Gasteiger partial charge in [-0.05, 0) is 49.2 Å². The molecule has 2 aromatic carbocycles. The van der Waals surface area contributed by atoms with E-state index in [0.29, 0.717) is 16.4 Å². The first-order valence-corrected chi connectivity index (χ1v) is 8.42. The zero-order chi connectivity index (χ0) is 18.7. The molecular weight excluding hydrogens is 356 g/mol. The summed E-state index contributed by atoms with van der Waals surface area (Å²) in [5.41, 5.74) is 1.64. The zero-order valence-electron chi connectivity index (χ0n) is 14.3. The molecule has 0 radical (unpaired) electrons. The van der Waals surface area contributed by atoms with Gasteiger partial charge in [0.2, 0.25) is 0 Å². The number of hydrogen-bond acceptors (Lipinski definition) is 5. The van der Waals surface area contributed by atoms with Crippen LogP contribution in [0.5, 0.6) is 5.75 Å². The summed E-state index contributed by atoms with van der Waals surface area (Å²) in [6, 6.07) is 13.6. The Morgan fingerprint density at radius 1 is 1.15 bits per heavy atom. The van der Waals surface area contributed by atoms with Crippen LogP contribution in [0, 0.1) is 6.92 Å². The molecule has 0 aliphatic rings. The Kier molecular flexibility index (Phi) is 5.28. The lowest BCUT2D eigenvalue weighted by Crippen LogP contribution is -2.17. The van der Waals surface area contributed by atoms with Crippen molar-refractivity contribution in [2.75, 3.05) is 6.61 Å². The van der Waals surface area contributed by atoms with E-state index >= 15 is 0 Å². The minimum absolute atomic E-state index is 0.251. The molecule has 0 saturated carbocycles. The molecule has 0 fully saturated rings. The van der Waals surface area contributed by atoms with E-state index in [9.17, 15) is 9.59 Å². The molecule has 134 valence electrons. The van der Waals surface area contributed by atoms with E-state index in [-0.39, 0.29) is 6.61 Å². The van der Waals surface area contributed by atoms with Crippen LogP contribution in [-0.4, -0.2) is 12.6 Å². The highest BCUT2D eigenvalue weighted by atomic mass is 35.5. The van der Waals surface area contributed by atoms with Crippen molar-refractivity contribution in [1.82, 2.24) is 0 Å². The van der Waals surface area contributed by atoms with E-state index in [1.165, 1.54) is 6.07 Å². The van der Waals surface area contributed by atoms with Crippen molar-refractivity contribution >= 4 is 28.5 Å². The lowest BCUT2D eigenvalue weighted by molar-refractivity contribution is -0.151. The lowest BCUT2D eigenvalue weighted by atomic mass is 10.1. The largest absolute Gasteiger partial charge is 0.482 e. The Bertz CT molecular complexity index is 991. The van der Waals surface area contributed by atoms with Gasteiger partial charge in [-0.2, -0.15) is 0 Å². The highest BCUT2D eigenvalue weighted by Crippen LogP contribution is 2.23. The first-order valence-electron chi connectivity index (χ1n) is 8.04. The maximum absolute atomic E-state index is 12.0. The van der Waals surface area contributed by atoms with E-state index in [1.54, 1.807) is 49.4 Å². The van der Waals surface area contributed by atoms with Crippen LogP contribution in [0.3, 0.4) is 0 Å². The summed E-state index contributed by atoms with van der Waals surface area (Å²) in [4.78, 5) is 23.5. The number of rotatable bonds is 5. The summed E-state index contributed by atoms with van der Waals surface area (Å²) < 4.78 is 16.0. The van der Waals surface area contributed by atoms with Crippen LogP contribution in [0.1, 0.15) is 24.2 Å². The number of carbonyl (C=O) groups excluding carboxylic acids is 1. The zero-order valence-corrected chi connectivity index (χ0v) is 15.1. The minimum atomic E-state index is -0.502. The fraction of sp³-hybridized carbons (Fsp3) is 0.200. The normalized spacial score (nSPS) is 12.0. The number of carbonyl (C=O) groups is 1. The fourth-order valence-corrected chi connectivity index (χ4v) is 2.70. The van der Waals surface area contributed by atoms with Crippen LogP contribution in [0.4, 0.5) is 0 Å². The molecule has 1 heterocycles. The number of benzene rings is 2. The lowest BCUT2D eigenvalue weighted by Gasteiger charge is -2.14. The van der Waals surface area contributed by atoms with Gasteiger partial charge in [0.25, 0.3) is 0 Å². The first-order chi connectivity index (χ1) is 12.4. The molecule has 3 rings (SSSR count). The van der Waals surface area contributed by atoms with Crippen molar-refractivity contribution in [2.45, 2.75) is 20.0 Å². The third-order valence-corrected chi connectivity index (χ3v) is 4.18. The van der Waals surface area contributed by atoms with Crippen LogP contribution in [-0.2, 0) is 9.53 Å². The fourth-order valence-electron chi connectivity index (χ4n) is 2.57. The summed E-state index contributed by atoms with van der Waals surface area (Å²) in [6.07, 6.45) is -0.416. The molecule has 3 aromatic rings. The molecular formula is C20H17ClO5. The van der Waals surface area contributed by atoms with Crippen molar-refractivity contribution in [1.29, 1.82) is 0 Å². The monoisotopic (exact) mass is 372 g/mol. The average molecular weight is 373 g/mol. The molecule has 0 unspecified atom stereocenters. The highest BCUT2D eigenvalue weighted by molar-refractivity contribution is 6.30. The van der Waals surface area contributed by atoms with Gasteiger partial charge in [0.05, 0.1) is 0 Å². The number of fused-ring (bicyclic) bond motifs is 1. The molecule has 0 N–H and O–H groups in total. The van der Waals surface area contributed by atoms with Crippen molar-refractivity contribution < 1.29 is 18.7 Å². The summed E-state index contributed by atoms with van der Waals surface area (Å²) in [7, 11) is 0. The quantitative estimate of drug-likeness (QED) is 0.489. The molecule has 0 aliphatic carbocycles. The maximum atomic E-state index is 12.0. The van der Waals surface area contributed by atoms with Gasteiger partial charge in [-0.3, -0.25) is 0 Å². The van der Waals surface area contributed by atoms with Crippen LogP contribution in [0.2, 0.25) is 5.02 Å². The number of esters is 1. The van der Waals surface area contributed by atoms with Gasteiger partial charge in [0.1, 0.15) is 17.4 Å². The predicted molar refractivity (Wildman–Crippen MR) is 98.7 cm³/mol. The van der Waals surface area contributed by atoms with Gasteiger partial charge in [-0.25, -0.2) is 9.59 Å². The van der Waals surface area contributed by atoms with Gasteiger partial charge in [-0.1, -0.05) is 23.7 Å². The van der Waals surface area contributed by atoms with Gasteiger partial charge in [-0.15, -0.1) is 0 Å². The molecule has 0 bridgehead atoms. The molecule has 0 spiro atoms. The topological polar surface area (TPSA) is 65.7 Å². The second kappa shape index (κ2) is 7.62. The van der Waals surface area contributed by atoms with Crippen LogP contribution in [0.15, 0.2) is 57.7 Å². The highest BCUT2D eigenvalue weighted by Gasteiger charge is 2.13.